The lowest BCUT2D eigenvalue weighted by atomic mass is 10.2. The number of hydrogen-bond donors (Lipinski definition) is 2. The molecular weight excluding hydrogens is 640 g/mol. The van der Waals surface area contributed by atoms with Crippen LogP contribution in [-0.2, 0) is 24.8 Å². The minimum atomic E-state index is -4.72. The van der Waals surface area contributed by atoms with Crippen LogP contribution in [0.1, 0.15) is 5.56 Å². The summed E-state index contributed by atoms with van der Waals surface area (Å²) in [4.78, 5) is 23.4. The van der Waals surface area contributed by atoms with Crippen molar-refractivity contribution in [3.05, 3.63) is 101 Å². The summed E-state index contributed by atoms with van der Waals surface area (Å²) in [5, 5.41) is 14.2. The Labute approximate surface area is 265 Å². The minimum Gasteiger partial charge on any atom is -0.497 e. The number of nitrogens with one attached hydrogen (secondary N) is 2. The molecular formula is C30H30N4O10S2. The first-order chi connectivity index (χ1) is 21.8. The van der Waals surface area contributed by atoms with Gasteiger partial charge in [-0.15, -0.1) is 0 Å². The molecule has 0 aromatic heterocycles. The van der Waals surface area contributed by atoms with Crippen LogP contribution in [0.4, 0.5) is 22.7 Å². The van der Waals surface area contributed by atoms with Gasteiger partial charge >= 0.3 is 0 Å². The number of carbonyl (C=O) groups excluding carboxylic acids is 1. The van der Waals surface area contributed by atoms with Crippen molar-refractivity contribution in [2.45, 2.75) is 16.7 Å². The summed E-state index contributed by atoms with van der Waals surface area (Å²) >= 11 is 0. The molecule has 4 aromatic rings. The fourth-order valence-electron chi connectivity index (χ4n) is 4.39. The fraction of sp³-hybridized carbons (Fsp3) is 0.167. The molecule has 0 bridgehead atoms. The number of para-hydroxylation sites is 1. The zero-order valence-corrected chi connectivity index (χ0v) is 26.7. The molecule has 0 spiro atoms. The minimum absolute atomic E-state index is 0.0154. The number of rotatable bonds is 13. The maximum Gasteiger partial charge on any atom is 0.289 e. The average Bonchev–Trinajstić information content (AvgIpc) is 3.03. The topological polar surface area (TPSA) is 183 Å². The standard InChI is InChI=1S/C30H30N4O10S2/c1-20-9-16-27(43-3)24(17-20)32-45(38,39)23-13-10-21(11-14-23)31-30(35)19-33(25-15-12-22(42-2)18-28(25)44-4)46(40,41)29-8-6-5-7-26(29)34(36)37/h5-18,32H,19H2,1-4H3,(H,31,35). The monoisotopic (exact) mass is 670 g/mol. The number of anilines is 3. The predicted octanol–water partition coefficient (Wildman–Crippen LogP) is 4.56. The Bertz CT molecular complexity index is 1980. The van der Waals surface area contributed by atoms with Crippen molar-refractivity contribution in [2.75, 3.05) is 42.2 Å². The van der Waals surface area contributed by atoms with E-state index in [0.29, 0.717) is 15.8 Å². The highest BCUT2D eigenvalue weighted by Crippen LogP contribution is 2.37. The van der Waals surface area contributed by atoms with E-state index in [4.69, 9.17) is 14.2 Å². The molecule has 2 N–H and O–H groups in total. The number of hydrogen-bond acceptors (Lipinski definition) is 10. The van der Waals surface area contributed by atoms with Crippen LogP contribution in [-0.4, -0.2) is 55.5 Å². The van der Waals surface area contributed by atoms with Crippen LogP contribution in [0.25, 0.3) is 0 Å². The number of nitro benzene ring substituents is 1. The largest absolute Gasteiger partial charge is 0.497 e. The molecule has 0 radical (unpaired) electrons. The molecule has 242 valence electrons. The van der Waals surface area contributed by atoms with E-state index >= 15 is 0 Å². The number of sulfonamides is 2. The lowest BCUT2D eigenvalue weighted by molar-refractivity contribution is -0.387. The number of amides is 1. The van der Waals surface area contributed by atoms with Crippen LogP contribution in [0.5, 0.6) is 17.2 Å². The second-order valence-electron chi connectivity index (χ2n) is 9.66. The van der Waals surface area contributed by atoms with Gasteiger partial charge in [-0.3, -0.25) is 23.9 Å². The lowest BCUT2D eigenvalue weighted by Crippen LogP contribution is -2.38. The predicted molar refractivity (Wildman–Crippen MR) is 171 cm³/mol. The molecule has 0 aliphatic heterocycles. The molecule has 0 saturated heterocycles. The van der Waals surface area contributed by atoms with Crippen LogP contribution in [0.3, 0.4) is 0 Å². The number of ether oxygens (including phenoxy) is 3. The second kappa shape index (κ2) is 13.7. The van der Waals surface area contributed by atoms with E-state index in [2.05, 4.69) is 10.0 Å². The third-order valence-corrected chi connectivity index (χ3v) is 9.81. The van der Waals surface area contributed by atoms with Gasteiger partial charge in [0.05, 0.1) is 42.5 Å². The summed E-state index contributed by atoms with van der Waals surface area (Å²) in [6, 6.07) is 19.1. The van der Waals surface area contributed by atoms with Crippen molar-refractivity contribution < 1.29 is 40.8 Å². The van der Waals surface area contributed by atoms with E-state index in [-0.39, 0.29) is 27.7 Å². The zero-order valence-electron chi connectivity index (χ0n) is 25.1. The number of nitrogens with zero attached hydrogens (tertiary/aromatic N) is 2. The van der Waals surface area contributed by atoms with E-state index in [1.54, 1.807) is 25.1 Å². The van der Waals surface area contributed by atoms with Crippen molar-refractivity contribution in [3.8, 4) is 17.2 Å². The summed E-state index contributed by atoms with van der Waals surface area (Å²) in [6.45, 7) is 0.971. The third kappa shape index (κ3) is 7.30. The molecule has 1 amide bonds. The van der Waals surface area contributed by atoms with Crippen molar-refractivity contribution in [1.29, 1.82) is 0 Å². The van der Waals surface area contributed by atoms with Gasteiger partial charge < -0.3 is 19.5 Å². The number of nitro groups is 1. The first-order valence-corrected chi connectivity index (χ1v) is 16.3. The smallest absolute Gasteiger partial charge is 0.289 e. The van der Waals surface area contributed by atoms with Gasteiger partial charge in [0.1, 0.15) is 23.8 Å². The number of carbonyl (C=O) groups is 1. The van der Waals surface area contributed by atoms with E-state index in [1.165, 1.54) is 75.9 Å². The first kappa shape index (κ1) is 33.5. The van der Waals surface area contributed by atoms with Gasteiger partial charge in [-0.25, -0.2) is 16.8 Å². The first-order valence-electron chi connectivity index (χ1n) is 13.4. The summed E-state index contributed by atoms with van der Waals surface area (Å²) in [5.74, 6) is -0.162. The Morgan fingerprint density at radius 3 is 2.15 bits per heavy atom. The fourth-order valence-corrected chi connectivity index (χ4v) is 7.04. The van der Waals surface area contributed by atoms with Crippen LogP contribution < -0.4 is 28.6 Å². The summed E-state index contributed by atoms with van der Waals surface area (Å²) in [6.07, 6.45) is 0. The third-order valence-electron chi connectivity index (χ3n) is 6.62. The molecule has 0 saturated carbocycles. The van der Waals surface area contributed by atoms with Crippen LogP contribution in [0.2, 0.25) is 0 Å². The Morgan fingerprint density at radius 2 is 1.52 bits per heavy atom. The highest BCUT2D eigenvalue weighted by atomic mass is 32.2. The SMILES string of the molecule is COc1ccc(N(CC(=O)Nc2ccc(S(=O)(=O)Nc3cc(C)ccc3OC)cc2)S(=O)(=O)c2ccccc2[N+](=O)[O-])c(OC)c1. The van der Waals surface area contributed by atoms with Gasteiger partial charge in [-0.1, -0.05) is 18.2 Å². The molecule has 0 heterocycles. The Balaban J connectivity index is 1.63. The van der Waals surface area contributed by atoms with Gasteiger partial charge in [0.25, 0.3) is 25.7 Å². The Hall–Kier alpha value is -5.35. The van der Waals surface area contributed by atoms with Gasteiger partial charge in [0.15, 0.2) is 4.90 Å². The second-order valence-corrected chi connectivity index (χ2v) is 13.2. The number of methoxy groups -OCH3 is 3. The van der Waals surface area contributed by atoms with Gasteiger partial charge in [-0.05, 0) is 67.1 Å². The van der Waals surface area contributed by atoms with Gasteiger partial charge in [0.2, 0.25) is 5.91 Å². The van der Waals surface area contributed by atoms with Crippen molar-refractivity contribution in [3.63, 3.8) is 0 Å². The van der Waals surface area contributed by atoms with E-state index in [9.17, 15) is 31.7 Å². The number of benzene rings is 4. The van der Waals surface area contributed by atoms with Crippen molar-refractivity contribution in [2.24, 2.45) is 0 Å². The van der Waals surface area contributed by atoms with Crippen LogP contribution in [0, 0.1) is 17.0 Å². The molecule has 0 aliphatic carbocycles. The van der Waals surface area contributed by atoms with E-state index in [0.717, 1.165) is 17.7 Å². The maximum atomic E-state index is 13.9. The van der Waals surface area contributed by atoms with Crippen molar-refractivity contribution in [1.82, 2.24) is 0 Å². The van der Waals surface area contributed by atoms with Gasteiger partial charge in [0, 0.05) is 17.8 Å². The molecule has 0 fully saturated rings. The summed E-state index contributed by atoms with van der Waals surface area (Å²) in [5.41, 5.74) is 0.433. The number of aryl methyl sites for hydroxylation is 1. The molecule has 46 heavy (non-hydrogen) atoms. The molecule has 14 nitrogen and oxygen atoms in total. The molecule has 0 unspecified atom stereocenters. The van der Waals surface area contributed by atoms with Crippen molar-refractivity contribution >= 4 is 48.7 Å². The zero-order chi connectivity index (χ0) is 33.6. The van der Waals surface area contributed by atoms with Crippen LogP contribution >= 0.6 is 0 Å². The maximum absolute atomic E-state index is 13.9. The normalized spacial score (nSPS) is 11.3. The summed E-state index contributed by atoms with van der Waals surface area (Å²) < 4.78 is 72.9. The molecule has 4 rings (SSSR count). The average molecular weight is 671 g/mol. The quantitative estimate of drug-likeness (QED) is 0.151. The van der Waals surface area contributed by atoms with E-state index < -0.39 is 48.0 Å². The van der Waals surface area contributed by atoms with Crippen LogP contribution in [0.15, 0.2) is 94.7 Å². The molecule has 0 atom stereocenters. The lowest BCUT2D eigenvalue weighted by Gasteiger charge is -2.25. The Kier molecular flexibility index (Phi) is 10.0. The highest BCUT2D eigenvalue weighted by Gasteiger charge is 2.34. The Morgan fingerprint density at radius 1 is 0.848 bits per heavy atom. The molecule has 16 heteroatoms. The molecule has 4 aromatic carbocycles. The summed E-state index contributed by atoms with van der Waals surface area (Å²) in [7, 11) is -4.67. The van der Waals surface area contributed by atoms with Gasteiger partial charge in [-0.2, -0.15) is 0 Å². The highest BCUT2D eigenvalue weighted by molar-refractivity contribution is 7.93. The van der Waals surface area contributed by atoms with E-state index in [1.807, 2.05) is 0 Å². The molecule has 0 aliphatic rings.